The molecular formula is C16H12ClN3OS. The van der Waals surface area contributed by atoms with Crippen molar-refractivity contribution in [3.8, 4) is 11.3 Å². The standard InChI is InChI=1S/C16H12ClN3OS/c17-11-7-4-8-12(9-11)19-15(21)14-13(20-16(18)22-14)10-5-2-1-3-6-10/h1-9H,(H2,18,20)(H,19,21). The van der Waals surface area contributed by atoms with Crippen molar-refractivity contribution in [1.29, 1.82) is 0 Å². The monoisotopic (exact) mass is 329 g/mol. The fourth-order valence-electron chi connectivity index (χ4n) is 2.04. The third-order valence-corrected chi connectivity index (χ3v) is 4.10. The van der Waals surface area contributed by atoms with E-state index in [1.807, 2.05) is 30.3 Å². The fourth-order valence-corrected chi connectivity index (χ4v) is 2.98. The summed E-state index contributed by atoms with van der Waals surface area (Å²) >= 11 is 7.09. The smallest absolute Gasteiger partial charge is 0.268 e. The predicted octanol–water partition coefficient (Wildman–Crippen LogP) is 4.30. The Hall–Kier alpha value is -2.37. The minimum Gasteiger partial charge on any atom is -0.375 e. The van der Waals surface area contributed by atoms with Gasteiger partial charge >= 0.3 is 0 Å². The van der Waals surface area contributed by atoms with Crippen molar-refractivity contribution in [3.05, 3.63) is 64.5 Å². The van der Waals surface area contributed by atoms with Crippen LogP contribution in [0.4, 0.5) is 10.8 Å². The van der Waals surface area contributed by atoms with Crippen LogP contribution in [0.2, 0.25) is 5.02 Å². The van der Waals surface area contributed by atoms with Gasteiger partial charge in [0.1, 0.15) is 4.88 Å². The number of nitrogens with two attached hydrogens (primary N) is 1. The van der Waals surface area contributed by atoms with E-state index in [1.54, 1.807) is 24.3 Å². The Kier molecular flexibility index (Phi) is 4.09. The van der Waals surface area contributed by atoms with Gasteiger partial charge in [-0.15, -0.1) is 0 Å². The summed E-state index contributed by atoms with van der Waals surface area (Å²) in [5.41, 5.74) is 7.85. The molecule has 0 radical (unpaired) electrons. The van der Waals surface area contributed by atoms with Crippen LogP contribution >= 0.6 is 22.9 Å². The maximum Gasteiger partial charge on any atom is 0.268 e. The summed E-state index contributed by atoms with van der Waals surface area (Å²) < 4.78 is 0. The molecule has 0 aliphatic carbocycles. The van der Waals surface area contributed by atoms with Crippen molar-refractivity contribution in [2.24, 2.45) is 0 Å². The van der Waals surface area contributed by atoms with Gasteiger partial charge in [0.25, 0.3) is 5.91 Å². The molecule has 6 heteroatoms. The molecule has 0 saturated carbocycles. The first-order valence-corrected chi connectivity index (χ1v) is 7.71. The van der Waals surface area contributed by atoms with Crippen LogP contribution in [0.1, 0.15) is 9.67 Å². The fraction of sp³-hybridized carbons (Fsp3) is 0. The van der Waals surface area contributed by atoms with Gasteiger partial charge in [-0.25, -0.2) is 4.98 Å². The molecule has 1 amide bonds. The second kappa shape index (κ2) is 6.17. The second-order valence-corrected chi connectivity index (χ2v) is 6.03. The SMILES string of the molecule is Nc1nc(-c2ccccc2)c(C(=O)Nc2cccc(Cl)c2)s1. The van der Waals surface area contributed by atoms with Gasteiger partial charge in [-0.2, -0.15) is 0 Å². The molecule has 22 heavy (non-hydrogen) atoms. The van der Waals surface area contributed by atoms with Gasteiger partial charge < -0.3 is 11.1 Å². The van der Waals surface area contributed by atoms with Crippen LogP contribution in [0.25, 0.3) is 11.3 Å². The van der Waals surface area contributed by atoms with Gasteiger partial charge in [-0.3, -0.25) is 4.79 Å². The van der Waals surface area contributed by atoms with E-state index in [-0.39, 0.29) is 5.91 Å². The van der Waals surface area contributed by atoms with Crippen molar-refractivity contribution >= 4 is 39.7 Å². The Labute approximate surface area is 136 Å². The van der Waals surface area contributed by atoms with Gasteiger partial charge in [-0.05, 0) is 18.2 Å². The molecule has 0 fully saturated rings. The summed E-state index contributed by atoms with van der Waals surface area (Å²) in [6.45, 7) is 0. The number of halogens is 1. The first-order chi connectivity index (χ1) is 10.6. The number of hydrogen-bond acceptors (Lipinski definition) is 4. The molecule has 1 aromatic heterocycles. The number of anilines is 2. The molecule has 3 rings (SSSR count). The molecule has 2 aromatic carbocycles. The van der Waals surface area contributed by atoms with E-state index in [0.717, 1.165) is 16.9 Å². The van der Waals surface area contributed by atoms with Gasteiger partial charge in [0.15, 0.2) is 5.13 Å². The number of thiazole rings is 1. The van der Waals surface area contributed by atoms with Crippen LogP contribution in [-0.4, -0.2) is 10.9 Å². The Morgan fingerprint density at radius 2 is 1.91 bits per heavy atom. The molecule has 0 spiro atoms. The van der Waals surface area contributed by atoms with Crippen molar-refractivity contribution in [2.75, 3.05) is 11.1 Å². The largest absolute Gasteiger partial charge is 0.375 e. The zero-order valence-electron chi connectivity index (χ0n) is 11.4. The van der Waals surface area contributed by atoms with Crippen molar-refractivity contribution in [3.63, 3.8) is 0 Å². The van der Waals surface area contributed by atoms with Gasteiger partial charge in [0, 0.05) is 16.3 Å². The van der Waals surface area contributed by atoms with Crippen LogP contribution < -0.4 is 11.1 Å². The van der Waals surface area contributed by atoms with E-state index in [1.165, 1.54) is 0 Å². The summed E-state index contributed by atoms with van der Waals surface area (Å²) in [4.78, 5) is 17.2. The molecule has 110 valence electrons. The average molecular weight is 330 g/mol. The van der Waals surface area contributed by atoms with E-state index in [0.29, 0.717) is 26.4 Å². The van der Waals surface area contributed by atoms with Crippen LogP contribution in [0, 0.1) is 0 Å². The van der Waals surface area contributed by atoms with Gasteiger partial charge in [0.05, 0.1) is 5.69 Å². The minimum absolute atomic E-state index is 0.254. The zero-order valence-corrected chi connectivity index (χ0v) is 13.0. The topological polar surface area (TPSA) is 68.0 Å². The number of benzene rings is 2. The highest BCUT2D eigenvalue weighted by molar-refractivity contribution is 7.17. The normalized spacial score (nSPS) is 10.4. The van der Waals surface area contributed by atoms with Crippen molar-refractivity contribution in [1.82, 2.24) is 4.98 Å². The number of hydrogen-bond donors (Lipinski definition) is 2. The van der Waals surface area contributed by atoms with Crippen LogP contribution in [-0.2, 0) is 0 Å². The highest BCUT2D eigenvalue weighted by Gasteiger charge is 2.18. The summed E-state index contributed by atoms with van der Waals surface area (Å²) in [7, 11) is 0. The van der Waals surface area contributed by atoms with E-state index < -0.39 is 0 Å². The number of nitrogen functional groups attached to an aromatic ring is 1. The van der Waals surface area contributed by atoms with Crippen molar-refractivity contribution < 1.29 is 4.79 Å². The van der Waals surface area contributed by atoms with E-state index in [2.05, 4.69) is 10.3 Å². The molecule has 0 aliphatic heterocycles. The number of carbonyl (C=O) groups excluding carboxylic acids is 1. The minimum atomic E-state index is -0.254. The number of nitrogens with zero attached hydrogens (tertiary/aromatic N) is 1. The van der Waals surface area contributed by atoms with Crippen molar-refractivity contribution in [2.45, 2.75) is 0 Å². The van der Waals surface area contributed by atoms with Crippen LogP contribution in [0.5, 0.6) is 0 Å². The molecule has 0 bridgehead atoms. The molecule has 0 saturated heterocycles. The lowest BCUT2D eigenvalue weighted by Gasteiger charge is -2.05. The Morgan fingerprint density at radius 1 is 1.14 bits per heavy atom. The maximum atomic E-state index is 12.5. The molecule has 0 atom stereocenters. The maximum absolute atomic E-state index is 12.5. The highest BCUT2D eigenvalue weighted by Crippen LogP contribution is 2.30. The van der Waals surface area contributed by atoms with Crippen LogP contribution in [0.3, 0.4) is 0 Å². The molecule has 3 aromatic rings. The Morgan fingerprint density at radius 3 is 2.64 bits per heavy atom. The average Bonchev–Trinajstić information content (AvgIpc) is 2.90. The number of amides is 1. The van der Waals surface area contributed by atoms with Gasteiger partial charge in [-0.1, -0.05) is 59.3 Å². The van der Waals surface area contributed by atoms with E-state index in [9.17, 15) is 4.79 Å². The summed E-state index contributed by atoms with van der Waals surface area (Å²) in [5.74, 6) is -0.254. The van der Waals surface area contributed by atoms with E-state index in [4.69, 9.17) is 17.3 Å². The quantitative estimate of drug-likeness (QED) is 0.752. The number of nitrogens with one attached hydrogen (secondary N) is 1. The Bertz CT molecular complexity index is 817. The van der Waals surface area contributed by atoms with Gasteiger partial charge in [0.2, 0.25) is 0 Å². The second-order valence-electron chi connectivity index (χ2n) is 4.56. The molecular weight excluding hydrogens is 318 g/mol. The van der Waals surface area contributed by atoms with Crippen LogP contribution in [0.15, 0.2) is 54.6 Å². The summed E-state index contributed by atoms with van der Waals surface area (Å²) in [5, 5.41) is 3.73. The van der Waals surface area contributed by atoms with E-state index >= 15 is 0 Å². The Balaban J connectivity index is 1.93. The third-order valence-electron chi connectivity index (χ3n) is 2.98. The lowest BCUT2D eigenvalue weighted by atomic mass is 10.1. The summed E-state index contributed by atoms with van der Waals surface area (Å²) in [6.07, 6.45) is 0. The first kappa shape index (κ1) is 14.6. The number of aromatic nitrogens is 1. The lowest BCUT2D eigenvalue weighted by molar-refractivity contribution is 0.103. The molecule has 4 nitrogen and oxygen atoms in total. The molecule has 0 aliphatic rings. The highest BCUT2D eigenvalue weighted by atomic mass is 35.5. The molecule has 1 heterocycles. The number of rotatable bonds is 3. The number of carbonyl (C=O) groups is 1. The first-order valence-electron chi connectivity index (χ1n) is 6.52. The molecule has 3 N–H and O–H groups in total. The zero-order chi connectivity index (χ0) is 15.5. The lowest BCUT2D eigenvalue weighted by Crippen LogP contribution is -2.11. The third kappa shape index (κ3) is 3.10. The molecule has 0 unspecified atom stereocenters. The summed E-state index contributed by atoms with van der Waals surface area (Å²) in [6, 6.07) is 16.5. The predicted molar refractivity (Wildman–Crippen MR) is 91.4 cm³/mol.